The maximum Gasteiger partial charge on any atom is 0.307 e. The van der Waals surface area contributed by atoms with Gasteiger partial charge in [0.15, 0.2) is 10.6 Å². The number of esters is 1. The number of aromatic amines is 1. The van der Waals surface area contributed by atoms with Crippen LogP contribution in [-0.2, 0) is 20.9 Å². The van der Waals surface area contributed by atoms with Crippen LogP contribution in [0.15, 0.2) is 48.5 Å². The molecule has 2 N–H and O–H groups in total. The summed E-state index contributed by atoms with van der Waals surface area (Å²) in [6, 6.07) is 14.4. The van der Waals surface area contributed by atoms with E-state index in [1.807, 2.05) is 31.2 Å². The fourth-order valence-corrected chi connectivity index (χ4v) is 3.47. The Morgan fingerprint density at radius 3 is 2.52 bits per heavy atom. The summed E-state index contributed by atoms with van der Waals surface area (Å²) < 4.78 is 6.99. The molecule has 1 unspecified atom stereocenters. The van der Waals surface area contributed by atoms with Gasteiger partial charge in [-0.2, -0.15) is 5.10 Å². The van der Waals surface area contributed by atoms with E-state index in [1.54, 1.807) is 28.8 Å². The van der Waals surface area contributed by atoms with Crippen molar-refractivity contribution < 1.29 is 14.3 Å². The Balaban J connectivity index is 1.71. The first kappa shape index (κ1) is 22.7. The van der Waals surface area contributed by atoms with E-state index in [4.69, 9.17) is 28.6 Å². The zero-order chi connectivity index (χ0) is 22.4. The summed E-state index contributed by atoms with van der Waals surface area (Å²) in [6.45, 7) is 2.35. The number of H-pyrrole nitrogens is 1. The number of ether oxygens (including phenoxy) is 1. The highest BCUT2D eigenvalue weighted by molar-refractivity contribution is 7.71. The number of hydrogen-bond donors (Lipinski definition) is 2. The number of carbonyl (C=O) groups excluding carboxylic acids is 2. The van der Waals surface area contributed by atoms with Gasteiger partial charge in [-0.3, -0.25) is 19.3 Å². The highest BCUT2D eigenvalue weighted by Gasteiger charge is 2.19. The molecule has 1 atom stereocenters. The number of rotatable bonds is 8. The highest BCUT2D eigenvalue weighted by Crippen LogP contribution is 2.21. The van der Waals surface area contributed by atoms with Gasteiger partial charge in [0.25, 0.3) is 0 Å². The first-order chi connectivity index (χ1) is 14.9. The van der Waals surface area contributed by atoms with Gasteiger partial charge in [-0.25, -0.2) is 0 Å². The van der Waals surface area contributed by atoms with E-state index >= 15 is 0 Å². The summed E-state index contributed by atoms with van der Waals surface area (Å²) in [6.07, 6.45) is 0.182. The van der Waals surface area contributed by atoms with Crippen LogP contribution in [0.2, 0.25) is 5.02 Å². The molecule has 7 nitrogen and oxygen atoms in total. The number of carbonyl (C=O) groups is 2. The normalized spacial score (nSPS) is 11.7. The second-order valence-corrected chi connectivity index (χ2v) is 7.90. The van der Waals surface area contributed by atoms with E-state index in [2.05, 4.69) is 15.5 Å². The largest absolute Gasteiger partial charge is 0.469 e. The Hall–Kier alpha value is -2.97. The maximum absolute atomic E-state index is 12.7. The molecule has 3 rings (SSSR count). The number of aryl methyl sites for hydroxylation is 1. The van der Waals surface area contributed by atoms with Crippen molar-refractivity contribution >= 4 is 35.7 Å². The molecule has 1 heterocycles. The third-order valence-corrected chi connectivity index (χ3v) is 5.40. The monoisotopic (exact) mass is 458 g/mol. The van der Waals surface area contributed by atoms with Crippen molar-refractivity contribution in [3.63, 3.8) is 0 Å². The Kier molecular flexibility index (Phi) is 7.59. The van der Waals surface area contributed by atoms with Crippen LogP contribution in [0, 0.1) is 11.7 Å². The van der Waals surface area contributed by atoms with Crippen LogP contribution in [0.5, 0.6) is 0 Å². The summed E-state index contributed by atoms with van der Waals surface area (Å²) in [7, 11) is 1.32. The van der Waals surface area contributed by atoms with Crippen molar-refractivity contribution in [1.29, 1.82) is 0 Å². The van der Waals surface area contributed by atoms with E-state index in [-0.39, 0.29) is 18.7 Å². The van der Waals surface area contributed by atoms with Crippen molar-refractivity contribution in [3.8, 4) is 11.4 Å². The predicted molar refractivity (Wildman–Crippen MR) is 121 cm³/mol. The SMILES string of the molecule is COC(=O)CC(NC(=O)CCn1c(-c2ccc(C)cc2)n[nH]c1=S)c1ccc(Cl)cc1. The first-order valence-electron chi connectivity index (χ1n) is 9.71. The molecular formula is C22H23ClN4O3S. The highest BCUT2D eigenvalue weighted by atomic mass is 35.5. The summed E-state index contributed by atoms with van der Waals surface area (Å²) in [5, 5.41) is 10.6. The molecule has 0 bridgehead atoms. The van der Waals surface area contributed by atoms with Crippen molar-refractivity contribution in [2.45, 2.75) is 32.4 Å². The van der Waals surface area contributed by atoms with Crippen LogP contribution in [-0.4, -0.2) is 33.8 Å². The number of nitrogens with one attached hydrogen (secondary N) is 2. The maximum atomic E-state index is 12.7. The average molecular weight is 459 g/mol. The van der Waals surface area contributed by atoms with E-state index in [0.29, 0.717) is 22.2 Å². The molecule has 0 saturated carbocycles. The van der Waals surface area contributed by atoms with Gasteiger partial charge >= 0.3 is 5.97 Å². The summed E-state index contributed by atoms with van der Waals surface area (Å²) in [5.41, 5.74) is 2.81. The van der Waals surface area contributed by atoms with Crippen LogP contribution in [0.4, 0.5) is 0 Å². The Labute approximate surface area is 190 Å². The minimum absolute atomic E-state index is 0.0175. The van der Waals surface area contributed by atoms with Gasteiger partial charge in [-0.15, -0.1) is 0 Å². The smallest absolute Gasteiger partial charge is 0.307 e. The Bertz CT molecular complexity index is 1110. The number of hydrogen-bond acceptors (Lipinski definition) is 5. The molecule has 0 aliphatic heterocycles. The lowest BCUT2D eigenvalue weighted by Gasteiger charge is -2.18. The lowest BCUT2D eigenvalue weighted by Crippen LogP contribution is -2.31. The minimum atomic E-state index is -0.522. The fourth-order valence-electron chi connectivity index (χ4n) is 3.13. The molecule has 0 radical (unpaired) electrons. The van der Waals surface area contributed by atoms with Gasteiger partial charge in [-0.1, -0.05) is 53.6 Å². The molecule has 2 aromatic carbocycles. The summed E-state index contributed by atoms with van der Waals surface area (Å²) >= 11 is 11.3. The molecular weight excluding hydrogens is 436 g/mol. The van der Waals surface area contributed by atoms with Gasteiger partial charge < -0.3 is 10.1 Å². The molecule has 0 saturated heterocycles. The lowest BCUT2D eigenvalue weighted by molar-refractivity contribution is -0.141. The standard InChI is InChI=1S/C22H23ClN4O3S/c1-14-3-5-16(6-4-14)21-25-26-22(31)27(21)12-11-19(28)24-18(13-20(29)30-2)15-7-9-17(23)10-8-15/h3-10,18H,11-13H2,1-2H3,(H,24,28)(H,26,31). The minimum Gasteiger partial charge on any atom is -0.469 e. The number of methoxy groups -OCH3 is 1. The van der Waals surface area contributed by atoms with Crippen LogP contribution in [0.3, 0.4) is 0 Å². The van der Waals surface area contributed by atoms with Gasteiger partial charge in [0, 0.05) is 23.6 Å². The van der Waals surface area contributed by atoms with Crippen molar-refractivity contribution in [1.82, 2.24) is 20.1 Å². The van der Waals surface area contributed by atoms with Gasteiger partial charge in [0.2, 0.25) is 5.91 Å². The Morgan fingerprint density at radius 1 is 1.19 bits per heavy atom. The van der Waals surface area contributed by atoms with Crippen LogP contribution in [0.1, 0.15) is 30.0 Å². The van der Waals surface area contributed by atoms with E-state index in [0.717, 1.165) is 16.7 Å². The zero-order valence-corrected chi connectivity index (χ0v) is 18.8. The van der Waals surface area contributed by atoms with Crippen molar-refractivity contribution in [2.75, 3.05) is 7.11 Å². The van der Waals surface area contributed by atoms with E-state index in [1.165, 1.54) is 7.11 Å². The number of nitrogens with zero attached hydrogens (tertiary/aromatic N) is 2. The lowest BCUT2D eigenvalue weighted by atomic mass is 10.0. The molecule has 0 fully saturated rings. The summed E-state index contributed by atoms with van der Waals surface area (Å²) in [4.78, 5) is 24.5. The van der Waals surface area contributed by atoms with Gasteiger partial charge in [0.1, 0.15) is 0 Å². The molecule has 0 aliphatic rings. The van der Waals surface area contributed by atoms with Crippen molar-refractivity contribution in [3.05, 3.63) is 69.5 Å². The molecule has 31 heavy (non-hydrogen) atoms. The number of halogens is 1. The van der Waals surface area contributed by atoms with Crippen molar-refractivity contribution in [2.24, 2.45) is 0 Å². The molecule has 9 heteroatoms. The first-order valence-corrected chi connectivity index (χ1v) is 10.5. The van der Waals surface area contributed by atoms with Gasteiger partial charge in [0.05, 0.1) is 19.6 Å². The fraction of sp³-hybridized carbons (Fsp3) is 0.273. The average Bonchev–Trinajstić information content (AvgIpc) is 3.13. The predicted octanol–water partition coefficient (Wildman–Crippen LogP) is 4.38. The molecule has 0 spiro atoms. The topological polar surface area (TPSA) is 89.0 Å². The second-order valence-electron chi connectivity index (χ2n) is 7.07. The second kappa shape index (κ2) is 10.4. The van der Waals surface area contributed by atoms with Gasteiger partial charge in [-0.05, 0) is 36.8 Å². The third-order valence-electron chi connectivity index (χ3n) is 4.84. The van der Waals surface area contributed by atoms with Crippen LogP contribution < -0.4 is 5.32 Å². The molecule has 1 amide bonds. The number of amides is 1. The number of benzene rings is 2. The molecule has 3 aromatic rings. The van der Waals surface area contributed by atoms with Crippen LogP contribution in [0.25, 0.3) is 11.4 Å². The molecule has 1 aromatic heterocycles. The van der Waals surface area contributed by atoms with Crippen LogP contribution >= 0.6 is 23.8 Å². The molecule has 162 valence electrons. The zero-order valence-electron chi connectivity index (χ0n) is 17.2. The van der Waals surface area contributed by atoms with E-state index < -0.39 is 12.0 Å². The third kappa shape index (κ3) is 6.02. The Morgan fingerprint density at radius 2 is 1.87 bits per heavy atom. The summed E-state index contributed by atoms with van der Waals surface area (Å²) in [5.74, 6) is 0.0300. The number of aromatic nitrogens is 3. The molecule has 0 aliphatic carbocycles. The quantitative estimate of drug-likeness (QED) is 0.386. The van der Waals surface area contributed by atoms with E-state index in [9.17, 15) is 9.59 Å².